The topological polar surface area (TPSA) is 46.5 Å². The third-order valence-corrected chi connectivity index (χ3v) is 7.89. The van der Waals surface area contributed by atoms with Crippen molar-refractivity contribution in [1.82, 2.24) is 14.8 Å². The van der Waals surface area contributed by atoms with E-state index in [4.69, 9.17) is 16.3 Å². The van der Waals surface area contributed by atoms with E-state index >= 15 is 0 Å². The third kappa shape index (κ3) is 4.88. The molecule has 180 valence electrons. The van der Waals surface area contributed by atoms with Gasteiger partial charge in [-0.3, -0.25) is 9.69 Å². The zero-order chi connectivity index (χ0) is 23.5. The van der Waals surface area contributed by atoms with Crippen molar-refractivity contribution in [1.29, 1.82) is 0 Å². The maximum atomic E-state index is 13.9. The standard InChI is InChI=1S/C28H34ClN3O2/c1-31-24-10-6-5-9-23(24)28(26(31)19-34-22-13-11-21(29)12-14-22)27(33)18-32-16-15-30-17-25(32)20-7-3-2-4-8-20/h5-6,9-14,20,25,30H,2-4,7-8,15-19H2,1H3. The molecule has 0 spiro atoms. The van der Waals surface area contributed by atoms with E-state index in [-0.39, 0.29) is 5.78 Å². The Bertz CT molecular complexity index is 1130. The maximum Gasteiger partial charge on any atom is 0.179 e. The maximum absolute atomic E-state index is 13.9. The number of ketones is 1. The Morgan fingerprint density at radius 3 is 2.65 bits per heavy atom. The molecule has 0 bridgehead atoms. The van der Waals surface area contributed by atoms with Crippen LogP contribution in [0.5, 0.6) is 5.75 Å². The summed E-state index contributed by atoms with van der Waals surface area (Å²) in [7, 11) is 2.02. The van der Waals surface area contributed by atoms with Crippen molar-refractivity contribution in [2.24, 2.45) is 13.0 Å². The van der Waals surface area contributed by atoms with Crippen LogP contribution in [-0.4, -0.2) is 47.5 Å². The molecular formula is C28H34ClN3O2. The van der Waals surface area contributed by atoms with Gasteiger partial charge in [-0.15, -0.1) is 0 Å². The van der Waals surface area contributed by atoms with Crippen LogP contribution in [0.25, 0.3) is 10.9 Å². The number of carbonyl (C=O) groups is 1. The Morgan fingerprint density at radius 1 is 1.09 bits per heavy atom. The summed E-state index contributed by atoms with van der Waals surface area (Å²) in [5.41, 5.74) is 2.78. The quantitative estimate of drug-likeness (QED) is 0.458. The number of ether oxygens (including phenoxy) is 1. The summed E-state index contributed by atoms with van der Waals surface area (Å²) in [5, 5.41) is 5.26. The first-order valence-electron chi connectivity index (χ1n) is 12.5. The third-order valence-electron chi connectivity index (χ3n) is 7.64. The Morgan fingerprint density at radius 2 is 1.85 bits per heavy atom. The molecule has 1 aromatic heterocycles. The number of piperazine rings is 1. The van der Waals surface area contributed by atoms with Crippen LogP contribution in [0.2, 0.25) is 5.02 Å². The number of Topliss-reactive ketones (excluding diaryl/α,β-unsaturated/α-hetero) is 1. The number of fused-ring (bicyclic) bond motifs is 1. The molecule has 1 unspecified atom stereocenters. The highest BCUT2D eigenvalue weighted by atomic mass is 35.5. The van der Waals surface area contributed by atoms with Gasteiger partial charge >= 0.3 is 0 Å². The SMILES string of the molecule is Cn1c(COc2ccc(Cl)cc2)c(C(=O)CN2CCNCC2C2CCCCC2)c2ccccc21. The van der Waals surface area contributed by atoms with Gasteiger partial charge in [-0.2, -0.15) is 0 Å². The lowest BCUT2D eigenvalue weighted by molar-refractivity contribution is 0.0714. The monoisotopic (exact) mass is 479 g/mol. The molecular weight excluding hydrogens is 446 g/mol. The molecule has 2 heterocycles. The highest BCUT2D eigenvalue weighted by Gasteiger charge is 2.33. The van der Waals surface area contributed by atoms with Crippen molar-refractivity contribution in [2.75, 3.05) is 26.2 Å². The molecule has 2 fully saturated rings. The molecule has 5 nitrogen and oxygen atoms in total. The normalized spacial score (nSPS) is 20.0. The number of rotatable bonds is 7. The minimum atomic E-state index is 0.189. The molecule has 34 heavy (non-hydrogen) atoms. The van der Waals surface area contributed by atoms with E-state index in [2.05, 4.69) is 26.9 Å². The molecule has 1 saturated heterocycles. The Kier molecular flexibility index (Phi) is 7.23. The van der Waals surface area contributed by atoms with Gasteiger partial charge in [0.2, 0.25) is 0 Å². The first kappa shape index (κ1) is 23.4. The minimum Gasteiger partial charge on any atom is -0.487 e. The van der Waals surface area contributed by atoms with Crippen molar-refractivity contribution in [3.63, 3.8) is 0 Å². The molecule has 6 heteroatoms. The number of carbonyl (C=O) groups excluding carboxylic acids is 1. The fourth-order valence-electron chi connectivity index (χ4n) is 5.82. The van der Waals surface area contributed by atoms with E-state index in [1.807, 2.05) is 43.4 Å². The van der Waals surface area contributed by atoms with Gasteiger partial charge in [0.25, 0.3) is 0 Å². The highest BCUT2D eigenvalue weighted by molar-refractivity contribution is 6.30. The number of nitrogens with zero attached hydrogens (tertiary/aromatic N) is 2. The summed E-state index contributed by atoms with van der Waals surface area (Å²) >= 11 is 6.02. The molecule has 1 atom stereocenters. The van der Waals surface area contributed by atoms with Crippen molar-refractivity contribution in [2.45, 2.75) is 44.8 Å². The predicted molar refractivity (Wildman–Crippen MR) is 138 cm³/mol. The second kappa shape index (κ2) is 10.5. The minimum absolute atomic E-state index is 0.189. The molecule has 5 rings (SSSR count). The zero-order valence-electron chi connectivity index (χ0n) is 19.9. The van der Waals surface area contributed by atoms with E-state index < -0.39 is 0 Å². The van der Waals surface area contributed by atoms with Gasteiger partial charge in [-0.05, 0) is 49.1 Å². The van der Waals surface area contributed by atoms with E-state index in [0.29, 0.717) is 30.1 Å². The Hall–Kier alpha value is -2.34. The van der Waals surface area contributed by atoms with E-state index in [1.54, 1.807) is 0 Å². The Labute approximate surface area is 207 Å². The fraction of sp³-hybridized carbons (Fsp3) is 0.464. The van der Waals surface area contributed by atoms with Gasteiger partial charge in [-0.1, -0.05) is 49.1 Å². The average Bonchev–Trinajstić information content (AvgIpc) is 3.16. The van der Waals surface area contributed by atoms with E-state index in [9.17, 15) is 4.79 Å². The second-order valence-corrected chi connectivity index (χ2v) is 10.1. The zero-order valence-corrected chi connectivity index (χ0v) is 20.7. The number of benzene rings is 2. The van der Waals surface area contributed by atoms with Crippen molar-refractivity contribution in [3.05, 3.63) is 64.8 Å². The molecule has 1 saturated carbocycles. The molecule has 1 aliphatic heterocycles. The van der Waals surface area contributed by atoms with Crippen LogP contribution in [0.3, 0.4) is 0 Å². The van der Waals surface area contributed by atoms with Crippen LogP contribution < -0.4 is 10.1 Å². The lowest BCUT2D eigenvalue weighted by Gasteiger charge is -2.41. The fourth-order valence-corrected chi connectivity index (χ4v) is 5.95. The number of hydrogen-bond acceptors (Lipinski definition) is 4. The predicted octanol–water partition coefficient (Wildman–Crippen LogP) is 5.45. The van der Waals surface area contributed by atoms with Gasteiger partial charge < -0.3 is 14.6 Å². The van der Waals surface area contributed by atoms with E-state index in [1.165, 1.54) is 32.1 Å². The second-order valence-electron chi connectivity index (χ2n) is 9.70. The number of aromatic nitrogens is 1. The molecule has 1 N–H and O–H groups in total. The van der Waals surface area contributed by atoms with Gasteiger partial charge in [0.1, 0.15) is 12.4 Å². The first-order valence-corrected chi connectivity index (χ1v) is 12.9. The molecule has 2 aromatic carbocycles. The van der Waals surface area contributed by atoms with Crippen LogP contribution in [0.4, 0.5) is 0 Å². The van der Waals surface area contributed by atoms with Gasteiger partial charge in [0.15, 0.2) is 5.78 Å². The first-order chi connectivity index (χ1) is 16.6. The van der Waals surface area contributed by atoms with Gasteiger partial charge in [-0.25, -0.2) is 0 Å². The highest BCUT2D eigenvalue weighted by Crippen LogP contribution is 2.31. The van der Waals surface area contributed by atoms with Gasteiger partial charge in [0.05, 0.1) is 17.8 Å². The lowest BCUT2D eigenvalue weighted by atomic mass is 9.82. The largest absolute Gasteiger partial charge is 0.487 e. The van der Waals surface area contributed by atoms with Crippen molar-refractivity contribution >= 4 is 28.3 Å². The van der Waals surface area contributed by atoms with Crippen LogP contribution in [0.15, 0.2) is 48.5 Å². The summed E-state index contributed by atoms with van der Waals surface area (Å²) in [6.07, 6.45) is 6.55. The molecule has 3 aromatic rings. The van der Waals surface area contributed by atoms with Crippen LogP contribution >= 0.6 is 11.6 Å². The summed E-state index contributed by atoms with van der Waals surface area (Å²) < 4.78 is 8.21. The summed E-state index contributed by atoms with van der Waals surface area (Å²) in [4.78, 5) is 16.3. The number of aryl methyl sites for hydroxylation is 1. The molecule has 0 amide bonds. The molecule has 0 radical (unpaired) electrons. The van der Waals surface area contributed by atoms with Gasteiger partial charge in [0, 0.05) is 48.6 Å². The number of hydrogen-bond donors (Lipinski definition) is 1. The summed E-state index contributed by atoms with van der Waals surface area (Å²) in [6.45, 7) is 3.65. The van der Waals surface area contributed by atoms with Crippen LogP contribution in [-0.2, 0) is 13.7 Å². The lowest BCUT2D eigenvalue weighted by Crippen LogP contribution is -2.56. The van der Waals surface area contributed by atoms with Crippen molar-refractivity contribution in [3.8, 4) is 5.75 Å². The molecule has 2 aliphatic rings. The number of halogens is 1. The summed E-state index contributed by atoms with van der Waals surface area (Å²) in [6, 6.07) is 16.0. The smallest absolute Gasteiger partial charge is 0.179 e. The number of para-hydroxylation sites is 1. The van der Waals surface area contributed by atoms with Crippen LogP contribution in [0.1, 0.15) is 48.2 Å². The summed E-state index contributed by atoms with van der Waals surface area (Å²) in [5.74, 6) is 1.62. The van der Waals surface area contributed by atoms with Crippen molar-refractivity contribution < 1.29 is 9.53 Å². The Balaban J connectivity index is 1.41. The van der Waals surface area contributed by atoms with Crippen LogP contribution in [0, 0.1) is 5.92 Å². The average molecular weight is 480 g/mol. The van der Waals surface area contributed by atoms with E-state index in [0.717, 1.165) is 47.5 Å². The number of nitrogens with one attached hydrogen (secondary N) is 1. The molecule has 1 aliphatic carbocycles.